The van der Waals surface area contributed by atoms with Crippen LogP contribution in [0.25, 0.3) is 0 Å². The number of hydrogen-bond acceptors (Lipinski definition) is 2. The van der Waals surface area contributed by atoms with Gasteiger partial charge in [-0.3, -0.25) is 4.90 Å². The molecule has 2 N–H and O–H groups in total. The van der Waals surface area contributed by atoms with Crippen LogP contribution in [-0.2, 0) is 12.7 Å². The van der Waals surface area contributed by atoms with Crippen LogP contribution in [0.3, 0.4) is 0 Å². The lowest BCUT2D eigenvalue weighted by Gasteiger charge is -2.30. The summed E-state index contributed by atoms with van der Waals surface area (Å²) in [5.74, 6) is -1.23. The van der Waals surface area contributed by atoms with Crippen molar-refractivity contribution in [3.05, 3.63) is 35.1 Å². The van der Waals surface area contributed by atoms with E-state index >= 15 is 0 Å². The number of piperidine rings is 1. The van der Waals surface area contributed by atoms with Gasteiger partial charge in [-0.2, -0.15) is 13.2 Å². The molecule has 1 aliphatic heterocycles. The third-order valence-electron chi connectivity index (χ3n) is 3.28. The predicted octanol–water partition coefficient (Wildman–Crippen LogP) is 2.77. The summed E-state index contributed by atoms with van der Waals surface area (Å²) in [5.41, 5.74) is 5.08. The third-order valence-corrected chi connectivity index (χ3v) is 3.28. The number of rotatable bonds is 2. The number of nitrogens with zero attached hydrogens (tertiary/aromatic N) is 1. The summed E-state index contributed by atoms with van der Waals surface area (Å²) in [7, 11) is 0. The zero-order chi connectivity index (χ0) is 14.0. The minimum atomic E-state index is -4.65. The van der Waals surface area contributed by atoms with Crippen molar-refractivity contribution in [3.8, 4) is 0 Å². The molecule has 1 heterocycles. The first-order valence-electron chi connectivity index (χ1n) is 6.20. The topological polar surface area (TPSA) is 29.3 Å². The number of likely N-dealkylation sites (tertiary alicyclic amines) is 1. The van der Waals surface area contributed by atoms with Gasteiger partial charge in [0.05, 0.1) is 5.56 Å². The maximum Gasteiger partial charge on any atom is 0.419 e. The molecule has 0 aliphatic carbocycles. The smallest absolute Gasteiger partial charge is 0.327 e. The van der Waals surface area contributed by atoms with Gasteiger partial charge in [-0.15, -0.1) is 0 Å². The maximum atomic E-state index is 13.2. The zero-order valence-electron chi connectivity index (χ0n) is 10.4. The molecule has 6 heteroatoms. The van der Waals surface area contributed by atoms with Crippen molar-refractivity contribution >= 4 is 0 Å². The standard InChI is InChI=1S/C13H16F4N2/c14-12-4-3-9(6-11(12)13(15,16)17)7-19-5-1-2-10(18)8-19/h3-4,6,10H,1-2,5,7-8,18H2. The summed E-state index contributed by atoms with van der Waals surface area (Å²) < 4.78 is 50.9. The summed E-state index contributed by atoms with van der Waals surface area (Å²) in [4.78, 5) is 2.00. The largest absolute Gasteiger partial charge is 0.419 e. The van der Waals surface area contributed by atoms with E-state index in [1.807, 2.05) is 4.90 Å². The Balaban J connectivity index is 2.13. The summed E-state index contributed by atoms with van der Waals surface area (Å²) in [6, 6.07) is 3.22. The van der Waals surface area contributed by atoms with Crippen molar-refractivity contribution in [2.45, 2.75) is 31.6 Å². The molecule has 2 nitrogen and oxygen atoms in total. The Morgan fingerprint density at radius 3 is 2.68 bits per heavy atom. The van der Waals surface area contributed by atoms with Gasteiger partial charge in [-0.05, 0) is 37.1 Å². The van der Waals surface area contributed by atoms with E-state index < -0.39 is 17.6 Å². The molecule has 1 saturated heterocycles. The number of halogens is 4. The Morgan fingerprint density at radius 2 is 2.05 bits per heavy atom. The average molecular weight is 276 g/mol. The van der Waals surface area contributed by atoms with Crippen molar-refractivity contribution in [2.75, 3.05) is 13.1 Å². The first kappa shape index (κ1) is 14.3. The van der Waals surface area contributed by atoms with Crippen LogP contribution in [0.5, 0.6) is 0 Å². The van der Waals surface area contributed by atoms with Crippen LogP contribution in [0.1, 0.15) is 24.0 Å². The Bertz CT molecular complexity index is 445. The van der Waals surface area contributed by atoms with Crippen molar-refractivity contribution in [1.82, 2.24) is 4.90 Å². The van der Waals surface area contributed by atoms with E-state index in [0.717, 1.165) is 31.5 Å². The van der Waals surface area contributed by atoms with Crippen LogP contribution >= 0.6 is 0 Å². The van der Waals surface area contributed by atoms with Gasteiger partial charge in [0.1, 0.15) is 5.82 Å². The molecular weight excluding hydrogens is 260 g/mol. The van der Waals surface area contributed by atoms with E-state index in [4.69, 9.17) is 5.73 Å². The summed E-state index contributed by atoms with van der Waals surface area (Å²) >= 11 is 0. The molecule has 1 atom stereocenters. The fourth-order valence-corrected chi connectivity index (χ4v) is 2.38. The van der Waals surface area contributed by atoms with Crippen molar-refractivity contribution in [1.29, 1.82) is 0 Å². The van der Waals surface area contributed by atoms with Gasteiger partial charge in [0, 0.05) is 19.1 Å². The number of alkyl halides is 3. The van der Waals surface area contributed by atoms with Crippen molar-refractivity contribution in [2.24, 2.45) is 5.73 Å². The second-order valence-electron chi connectivity index (χ2n) is 4.95. The van der Waals surface area contributed by atoms with Gasteiger partial charge in [0.25, 0.3) is 0 Å². The Labute approximate surface area is 109 Å². The molecule has 106 valence electrons. The van der Waals surface area contributed by atoms with E-state index in [1.54, 1.807) is 0 Å². The third kappa shape index (κ3) is 3.67. The molecule has 1 aromatic rings. The summed E-state index contributed by atoms with van der Waals surface area (Å²) in [6.07, 6.45) is -2.78. The monoisotopic (exact) mass is 276 g/mol. The highest BCUT2D eigenvalue weighted by molar-refractivity contribution is 5.27. The van der Waals surface area contributed by atoms with Crippen LogP contribution in [0, 0.1) is 5.82 Å². The van der Waals surface area contributed by atoms with Gasteiger partial charge < -0.3 is 5.73 Å². The molecule has 1 unspecified atom stereocenters. The molecule has 0 spiro atoms. The molecule has 0 radical (unpaired) electrons. The van der Waals surface area contributed by atoms with E-state index in [-0.39, 0.29) is 6.04 Å². The van der Waals surface area contributed by atoms with Gasteiger partial charge in [-0.1, -0.05) is 6.07 Å². The molecule has 0 aromatic heterocycles. The number of benzene rings is 1. The average Bonchev–Trinajstić information content (AvgIpc) is 2.30. The molecule has 1 fully saturated rings. The van der Waals surface area contributed by atoms with Gasteiger partial charge in [0.2, 0.25) is 0 Å². The van der Waals surface area contributed by atoms with Crippen LogP contribution in [0.2, 0.25) is 0 Å². The maximum absolute atomic E-state index is 13.2. The molecule has 2 rings (SSSR count). The first-order chi connectivity index (χ1) is 8.86. The van der Waals surface area contributed by atoms with Crippen LogP contribution in [-0.4, -0.2) is 24.0 Å². The lowest BCUT2D eigenvalue weighted by Crippen LogP contribution is -2.42. The van der Waals surface area contributed by atoms with E-state index in [1.165, 1.54) is 6.07 Å². The normalized spacial score (nSPS) is 21.6. The quantitative estimate of drug-likeness (QED) is 0.842. The molecule has 0 amide bonds. The second-order valence-corrected chi connectivity index (χ2v) is 4.95. The van der Waals surface area contributed by atoms with Crippen LogP contribution in [0.15, 0.2) is 18.2 Å². The fourth-order valence-electron chi connectivity index (χ4n) is 2.38. The highest BCUT2D eigenvalue weighted by Gasteiger charge is 2.34. The second kappa shape index (κ2) is 5.46. The Kier molecular flexibility index (Phi) is 4.10. The van der Waals surface area contributed by atoms with E-state index in [9.17, 15) is 17.6 Å². The lowest BCUT2D eigenvalue weighted by atomic mass is 10.0. The molecule has 19 heavy (non-hydrogen) atoms. The minimum Gasteiger partial charge on any atom is -0.327 e. The van der Waals surface area contributed by atoms with Gasteiger partial charge in [0.15, 0.2) is 0 Å². The predicted molar refractivity (Wildman–Crippen MR) is 63.9 cm³/mol. The summed E-state index contributed by atoms with van der Waals surface area (Å²) in [5, 5.41) is 0. The van der Waals surface area contributed by atoms with Gasteiger partial charge >= 0.3 is 6.18 Å². The summed E-state index contributed by atoms with van der Waals surface area (Å²) in [6.45, 7) is 1.85. The van der Waals surface area contributed by atoms with Gasteiger partial charge in [-0.25, -0.2) is 4.39 Å². The van der Waals surface area contributed by atoms with E-state index in [0.29, 0.717) is 18.7 Å². The molecule has 1 aliphatic rings. The van der Waals surface area contributed by atoms with E-state index in [2.05, 4.69) is 0 Å². The number of nitrogens with two attached hydrogens (primary N) is 1. The molecular formula is C13H16F4N2. The van der Waals surface area contributed by atoms with Crippen LogP contribution < -0.4 is 5.73 Å². The highest BCUT2D eigenvalue weighted by Crippen LogP contribution is 2.32. The number of hydrogen-bond donors (Lipinski definition) is 1. The molecule has 0 saturated carbocycles. The highest BCUT2D eigenvalue weighted by atomic mass is 19.4. The Hall–Kier alpha value is -1.14. The SMILES string of the molecule is NC1CCCN(Cc2ccc(F)c(C(F)(F)F)c2)C1. The fraction of sp³-hybridized carbons (Fsp3) is 0.538. The Morgan fingerprint density at radius 1 is 1.32 bits per heavy atom. The minimum absolute atomic E-state index is 0.0660. The molecule has 1 aromatic carbocycles. The van der Waals surface area contributed by atoms with Crippen LogP contribution in [0.4, 0.5) is 17.6 Å². The lowest BCUT2D eigenvalue weighted by molar-refractivity contribution is -0.140. The van der Waals surface area contributed by atoms with Crippen molar-refractivity contribution < 1.29 is 17.6 Å². The molecule has 0 bridgehead atoms. The zero-order valence-corrected chi connectivity index (χ0v) is 10.4. The first-order valence-corrected chi connectivity index (χ1v) is 6.20. The van der Waals surface area contributed by atoms with Crippen molar-refractivity contribution in [3.63, 3.8) is 0 Å².